The lowest BCUT2D eigenvalue weighted by atomic mass is 9.96. The lowest BCUT2D eigenvalue weighted by Gasteiger charge is -2.30. The molecule has 28 heavy (non-hydrogen) atoms. The Kier molecular flexibility index (Phi) is 7.12. The van der Waals surface area contributed by atoms with Crippen molar-refractivity contribution < 1.29 is 17.6 Å². The van der Waals surface area contributed by atoms with Gasteiger partial charge >= 0.3 is 0 Å². The highest BCUT2D eigenvalue weighted by Crippen LogP contribution is 2.26. The van der Waals surface area contributed by atoms with E-state index < -0.39 is 21.6 Å². The van der Waals surface area contributed by atoms with Crippen LogP contribution in [0.4, 0.5) is 4.39 Å². The van der Waals surface area contributed by atoms with Crippen LogP contribution in [0.3, 0.4) is 0 Å². The Labute approximate surface area is 171 Å². The van der Waals surface area contributed by atoms with Crippen LogP contribution in [0.2, 0.25) is 5.02 Å². The molecular weight excluding hydrogens is 403 g/mol. The number of hydrogen-bond acceptors (Lipinski definition) is 3. The van der Waals surface area contributed by atoms with E-state index in [4.69, 9.17) is 11.6 Å². The first kappa shape index (κ1) is 21.3. The van der Waals surface area contributed by atoms with Crippen LogP contribution >= 0.6 is 11.6 Å². The van der Waals surface area contributed by atoms with Gasteiger partial charge in [-0.1, -0.05) is 29.3 Å². The number of amides is 1. The highest BCUT2D eigenvalue weighted by molar-refractivity contribution is 7.88. The predicted octanol–water partition coefficient (Wildman–Crippen LogP) is 3.64. The van der Waals surface area contributed by atoms with Gasteiger partial charge in [0, 0.05) is 36.1 Å². The summed E-state index contributed by atoms with van der Waals surface area (Å²) >= 11 is 5.96. The van der Waals surface area contributed by atoms with Gasteiger partial charge in [-0.25, -0.2) is 17.1 Å². The number of sulfonamides is 1. The molecule has 1 saturated heterocycles. The second-order valence-electron chi connectivity index (χ2n) is 7.46. The summed E-state index contributed by atoms with van der Waals surface area (Å²) < 4.78 is 40.6. The average Bonchev–Trinajstić information content (AvgIpc) is 2.70. The first-order chi connectivity index (χ1) is 13.4. The molecule has 0 radical (unpaired) electrons. The first-order valence-corrected chi connectivity index (χ1v) is 11.7. The molecule has 0 spiro atoms. The molecule has 1 aliphatic heterocycles. The van der Waals surface area contributed by atoms with Crippen molar-refractivity contribution in [2.75, 3.05) is 19.6 Å². The molecule has 1 N–H and O–H groups in total. The number of nitrogens with one attached hydrogen (secondary N) is 1. The van der Waals surface area contributed by atoms with Gasteiger partial charge in [0.2, 0.25) is 15.9 Å². The molecule has 1 fully saturated rings. The third kappa shape index (κ3) is 5.33. The van der Waals surface area contributed by atoms with Crippen molar-refractivity contribution in [2.45, 2.75) is 44.3 Å². The predicted molar refractivity (Wildman–Crippen MR) is 108 cm³/mol. The molecule has 0 atom stereocenters. The lowest BCUT2D eigenvalue weighted by Crippen LogP contribution is -2.43. The number of allylic oxidation sites excluding steroid dienone is 1. The fourth-order valence-corrected chi connectivity index (χ4v) is 5.67. The van der Waals surface area contributed by atoms with Crippen LogP contribution in [-0.2, 0) is 20.6 Å². The van der Waals surface area contributed by atoms with Crippen LogP contribution in [0, 0.1) is 11.7 Å². The van der Waals surface area contributed by atoms with Crippen LogP contribution in [0.25, 0.3) is 0 Å². The fourth-order valence-electron chi connectivity index (χ4n) is 3.75. The van der Waals surface area contributed by atoms with Crippen LogP contribution in [0.5, 0.6) is 0 Å². The molecule has 1 aliphatic carbocycles. The first-order valence-electron chi connectivity index (χ1n) is 9.73. The van der Waals surface area contributed by atoms with Crippen molar-refractivity contribution in [3.05, 3.63) is 46.3 Å². The van der Waals surface area contributed by atoms with E-state index in [0.717, 1.165) is 12.8 Å². The second-order valence-corrected chi connectivity index (χ2v) is 9.83. The average molecular weight is 429 g/mol. The topological polar surface area (TPSA) is 66.5 Å². The second kappa shape index (κ2) is 9.37. The van der Waals surface area contributed by atoms with Gasteiger partial charge in [-0.15, -0.1) is 0 Å². The summed E-state index contributed by atoms with van der Waals surface area (Å²) in [7, 11) is -3.69. The highest BCUT2D eigenvalue weighted by Gasteiger charge is 2.32. The molecule has 0 bridgehead atoms. The monoisotopic (exact) mass is 428 g/mol. The van der Waals surface area contributed by atoms with E-state index in [1.54, 1.807) is 0 Å². The SMILES string of the molecule is O=C(NCC1=CCCCC1)C1CCN(S(=O)(=O)Cc2c(F)cccc2Cl)CC1. The number of rotatable bonds is 6. The molecule has 8 heteroatoms. The largest absolute Gasteiger partial charge is 0.352 e. The van der Waals surface area contributed by atoms with Gasteiger partial charge in [0.05, 0.1) is 5.75 Å². The normalized spacial score (nSPS) is 19.3. The Hall–Kier alpha value is -1.44. The minimum atomic E-state index is -3.69. The van der Waals surface area contributed by atoms with E-state index >= 15 is 0 Å². The van der Waals surface area contributed by atoms with Gasteiger partial charge in [-0.05, 0) is 50.7 Å². The van der Waals surface area contributed by atoms with Crippen molar-refractivity contribution in [2.24, 2.45) is 5.92 Å². The zero-order chi connectivity index (χ0) is 20.1. The maximum atomic E-state index is 13.9. The van der Waals surface area contributed by atoms with E-state index in [-0.39, 0.29) is 35.5 Å². The van der Waals surface area contributed by atoms with E-state index in [2.05, 4.69) is 11.4 Å². The number of carbonyl (C=O) groups excluding carboxylic acids is 1. The molecule has 2 aliphatic rings. The van der Waals surface area contributed by atoms with Gasteiger partial charge < -0.3 is 5.32 Å². The van der Waals surface area contributed by atoms with Crippen LogP contribution in [-0.4, -0.2) is 38.3 Å². The molecule has 0 unspecified atom stereocenters. The Balaban J connectivity index is 1.52. The van der Waals surface area contributed by atoms with Crippen molar-refractivity contribution in [3.8, 4) is 0 Å². The van der Waals surface area contributed by atoms with E-state index in [1.807, 2.05) is 0 Å². The number of carbonyl (C=O) groups is 1. The maximum absolute atomic E-state index is 13.9. The number of piperidine rings is 1. The summed E-state index contributed by atoms with van der Waals surface area (Å²) in [5.74, 6) is -1.29. The third-order valence-electron chi connectivity index (χ3n) is 5.48. The fraction of sp³-hybridized carbons (Fsp3) is 0.550. The Morgan fingerprint density at radius 2 is 2.00 bits per heavy atom. The quantitative estimate of drug-likeness (QED) is 0.703. The minimum Gasteiger partial charge on any atom is -0.352 e. The highest BCUT2D eigenvalue weighted by atomic mass is 35.5. The van der Waals surface area contributed by atoms with E-state index in [0.29, 0.717) is 19.4 Å². The molecule has 1 heterocycles. The van der Waals surface area contributed by atoms with Crippen LogP contribution in [0.15, 0.2) is 29.8 Å². The van der Waals surface area contributed by atoms with Crippen molar-refractivity contribution in [1.82, 2.24) is 9.62 Å². The molecule has 0 saturated carbocycles. The van der Waals surface area contributed by atoms with Crippen molar-refractivity contribution in [1.29, 1.82) is 0 Å². The molecule has 1 aromatic carbocycles. The number of halogens is 2. The van der Waals surface area contributed by atoms with Crippen LogP contribution in [0.1, 0.15) is 44.1 Å². The smallest absolute Gasteiger partial charge is 0.223 e. The van der Waals surface area contributed by atoms with Crippen LogP contribution < -0.4 is 5.32 Å². The zero-order valence-corrected chi connectivity index (χ0v) is 17.4. The standard InChI is InChI=1S/C20H26ClFN2O3S/c21-18-7-4-8-19(22)17(18)14-28(26,27)24-11-9-16(10-12-24)20(25)23-13-15-5-2-1-3-6-15/h4-5,7-8,16H,1-3,6,9-14H2,(H,23,25). The summed E-state index contributed by atoms with van der Waals surface area (Å²) in [4.78, 5) is 12.4. The molecule has 1 aromatic rings. The third-order valence-corrected chi connectivity index (χ3v) is 7.64. The van der Waals surface area contributed by atoms with Gasteiger partial charge in [0.25, 0.3) is 0 Å². The maximum Gasteiger partial charge on any atom is 0.223 e. The van der Waals surface area contributed by atoms with Crippen molar-refractivity contribution >= 4 is 27.5 Å². The lowest BCUT2D eigenvalue weighted by molar-refractivity contribution is -0.125. The number of nitrogens with zero attached hydrogens (tertiary/aromatic N) is 1. The molecule has 0 aromatic heterocycles. The zero-order valence-electron chi connectivity index (χ0n) is 15.8. The number of hydrogen-bond donors (Lipinski definition) is 1. The molecule has 154 valence electrons. The van der Waals surface area contributed by atoms with Gasteiger partial charge in [-0.3, -0.25) is 4.79 Å². The van der Waals surface area contributed by atoms with Gasteiger partial charge in [0.15, 0.2) is 0 Å². The summed E-state index contributed by atoms with van der Waals surface area (Å²) in [5.41, 5.74) is 1.27. The summed E-state index contributed by atoms with van der Waals surface area (Å²) in [6.07, 6.45) is 7.63. The minimum absolute atomic E-state index is 0.00945. The molecular formula is C20H26ClFN2O3S. The molecule has 3 rings (SSSR count). The molecule has 5 nitrogen and oxygen atoms in total. The Morgan fingerprint density at radius 1 is 1.25 bits per heavy atom. The van der Waals surface area contributed by atoms with E-state index in [1.165, 1.54) is 40.9 Å². The van der Waals surface area contributed by atoms with Gasteiger partial charge in [-0.2, -0.15) is 0 Å². The van der Waals surface area contributed by atoms with E-state index in [9.17, 15) is 17.6 Å². The van der Waals surface area contributed by atoms with Crippen molar-refractivity contribution in [3.63, 3.8) is 0 Å². The Bertz CT molecular complexity index is 829. The summed E-state index contributed by atoms with van der Waals surface area (Å²) in [6, 6.07) is 4.13. The Morgan fingerprint density at radius 3 is 2.64 bits per heavy atom. The summed E-state index contributed by atoms with van der Waals surface area (Å²) in [5, 5.41) is 3.09. The molecule has 1 amide bonds. The number of benzene rings is 1. The van der Waals surface area contributed by atoms with Gasteiger partial charge in [0.1, 0.15) is 5.82 Å². The summed E-state index contributed by atoms with van der Waals surface area (Å²) in [6.45, 7) is 1.10.